The molecule has 0 spiro atoms. The third kappa shape index (κ3) is 6.39. The molecule has 0 bridgehead atoms. The molecule has 37 heavy (non-hydrogen) atoms. The summed E-state index contributed by atoms with van der Waals surface area (Å²) in [7, 11) is 1.32. The van der Waals surface area contributed by atoms with Gasteiger partial charge >= 0.3 is 5.97 Å². The van der Waals surface area contributed by atoms with E-state index in [-0.39, 0.29) is 17.1 Å². The molecule has 1 heterocycles. The Morgan fingerprint density at radius 3 is 2.19 bits per heavy atom. The summed E-state index contributed by atoms with van der Waals surface area (Å²) in [6.45, 7) is 6.52. The van der Waals surface area contributed by atoms with Crippen molar-refractivity contribution in [1.29, 1.82) is 0 Å². The number of carbonyl (C=O) groups is 2. The Kier molecular flexibility index (Phi) is 8.00. The fraction of sp³-hybridized carbons (Fsp3) is 0.214. The normalized spacial score (nSPS) is 11.3. The number of benzene rings is 3. The molecule has 1 aromatic heterocycles. The number of nitrogens with one attached hydrogen (secondary N) is 1. The summed E-state index contributed by atoms with van der Waals surface area (Å²) in [6, 6.07) is 22.2. The molecule has 4 aromatic rings. The van der Waals surface area contributed by atoms with Crippen LogP contribution in [0.15, 0.2) is 78.0 Å². The highest BCUT2D eigenvalue weighted by Crippen LogP contribution is 2.30. The lowest BCUT2D eigenvalue weighted by molar-refractivity contribution is -0.113. The topological polar surface area (TPSA) is 86.1 Å². The summed E-state index contributed by atoms with van der Waals surface area (Å²) in [5, 5.41) is 12.9. The van der Waals surface area contributed by atoms with E-state index in [0.29, 0.717) is 27.3 Å². The second kappa shape index (κ2) is 11.2. The van der Waals surface area contributed by atoms with Gasteiger partial charge in [0, 0.05) is 22.0 Å². The van der Waals surface area contributed by atoms with Gasteiger partial charge in [-0.05, 0) is 59.5 Å². The van der Waals surface area contributed by atoms with E-state index in [1.165, 1.54) is 24.4 Å². The van der Waals surface area contributed by atoms with Crippen molar-refractivity contribution in [3.63, 3.8) is 0 Å². The Morgan fingerprint density at radius 1 is 0.946 bits per heavy atom. The molecule has 0 atom stereocenters. The number of ether oxygens (including phenoxy) is 1. The molecule has 190 valence electrons. The number of esters is 1. The molecular formula is C28H27ClN4O3S. The highest BCUT2D eigenvalue weighted by Gasteiger charge is 2.19. The Hall–Kier alpha value is -3.62. The molecule has 3 aromatic carbocycles. The fourth-order valence-corrected chi connectivity index (χ4v) is 4.51. The van der Waals surface area contributed by atoms with Gasteiger partial charge in [0.2, 0.25) is 5.91 Å². The van der Waals surface area contributed by atoms with Gasteiger partial charge in [0.15, 0.2) is 11.0 Å². The lowest BCUT2D eigenvalue weighted by Crippen LogP contribution is -2.14. The first-order valence-corrected chi connectivity index (χ1v) is 13.0. The van der Waals surface area contributed by atoms with E-state index in [4.69, 9.17) is 16.3 Å². The Labute approximate surface area is 225 Å². The Morgan fingerprint density at radius 2 is 1.59 bits per heavy atom. The summed E-state index contributed by atoms with van der Waals surface area (Å²) in [4.78, 5) is 24.3. The summed E-state index contributed by atoms with van der Waals surface area (Å²) in [6.07, 6.45) is 0. The van der Waals surface area contributed by atoms with Crippen LogP contribution in [0.1, 0.15) is 36.7 Å². The van der Waals surface area contributed by atoms with Crippen molar-refractivity contribution in [3.8, 4) is 17.1 Å². The van der Waals surface area contributed by atoms with Crippen molar-refractivity contribution in [2.24, 2.45) is 0 Å². The molecule has 0 saturated carbocycles. The number of halogens is 1. The smallest absolute Gasteiger partial charge is 0.337 e. The van der Waals surface area contributed by atoms with Crippen molar-refractivity contribution >= 4 is 40.9 Å². The number of methoxy groups -OCH3 is 1. The van der Waals surface area contributed by atoms with Crippen molar-refractivity contribution in [1.82, 2.24) is 14.8 Å². The standard InChI is InChI=1S/C28H27ClN4O3S/c1-28(2,3)20-9-5-18(6-10-20)25-31-32-27(33(25)23-15-11-21(29)12-16-23)37-17-24(34)30-22-13-7-19(8-14-22)26(35)36-4/h5-16H,17H2,1-4H3,(H,30,34). The summed E-state index contributed by atoms with van der Waals surface area (Å²) >= 11 is 7.40. The van der Waals surface area contributed by atoms with Crippen LogP contribution in [0.2, 0.25) is 5.02 Å². The predicted octanol–water partition coefficient (Wildman–Crippen LogP) is 6.40. The van der Waals surface area contributed by atoms with E-state index >= 15 is 0 Å². The van der Waals surface area contributed by atoms with Crippen LogP contribution in [0.25, 0.3) is 17.1 Å². The van der Waals surface area contributed by atoms with Crippen molar-refractivity contribution in [3.05, 3.63) is 88.9 Å². The molecule has 4 rings (SSSR count). The minimum Gasteiger partial charge on any atom is -0.465 e. The Bertz CT molecular complexity index is 1390. The average molecular weight is 535 g/mol. The van der Waals surface area contributed by atoms with Gasteiger partial charge in [-0.1, -0.05) is 68.4 Å². The van der Waals surface area contributed by atoms with E-state index in [0.717, 1.165) is 11.3 Å². The molecular weight excluding hydrogens is 508 g/mol. The van der Waals surface area contributed by atoms with E-state index in [2.05, 4.69) is 48.4 Å². The number of carbonyl (C=O) groups excluding carboxylic acids is 2. The monoisotopic (exact) mass is 534 g/mol. The third-order valence-corrected chi connectivity index (χ3v) is 6.83. The van der Waals surface area contributed by atoms with E-state index in [1.807, 2.05) is 41.0 Å². The van der Waals surface area contributed by atoms with Crippen LogP contribution >= 0.6 is 23.4 Å². The maximum absolute atomic E-state index is 12.7. The van der Waals surface area contributed by atoms with Crippen LogP contribution in [0.5, 0.6) is 0 Å². The minimum absolute atomic E-state index is 0.0381. The van der Waals surface area contributed by atoms with Gasteiger partial charge in [-0.2, -0.15) is 0 Å². The SMILES string of the molecule is COC(=O)c1ccc(NC(=O)CSc2nnc(-c3ccc(C(C)(C)C)cc3)n2-c2ccc(Cl)cc2)cc1. The van der Waals surface area contributed by atoms with Crippen LogP contribution < -0.4 is 5.32 Å². The summed E-state index contributed by atoms with van der Waals surface area (Å²) in [5.74, 6) is 0.147. The van der Waals surface area contributed by atoms with Crippen LogP contribution in [0, 0.1) is 0 Å². The Balaban J connectivity index is 1.55. The fourth-order valence-electron chi connectivity index (χ4n) is 3.63. The molecule has 1 amide bonds. The summed E-state index contributed by atoms with van der Waals surface area (Å²) in [5.41, 5.74) is 4.00. The number of aromatic nitrogens is 3. The van der Waals surface area contributed by atoms with E-state index in [9.17, 15) is 9.59 Å². The first-order valence-electron chi connectivity index (χ1n) is 11.6. The van der Waals surface area contributed by atoms with Crippen molar-refractivity contribution < 1.29 is 14.3 Å². The number of hydrogen-bond donors (Lipinski definition) is 1. The molecule has 0 aliphatic rings. The van der Waals surface area contributed by atoms with Crippen LogP contribution in [0.4, 0.5) is 5.69 Å². The number of thioether (sulfide) groups is 1. The van der Waals surface area contributed by atoms with Gasteiger partial charge in [0.25, 0.3) is 0 Å². The third-order valence-electron chi connectivity index (χ3n) is 5.65. The number of anilines is 1. The molecule has 0 aliphatic carbocycles. The zero-order valence-corrected chi connectivity index (χ0v) is 22.6. The van der Waals surface area contributed by atoms with E-state index < -0.39 is 5.97 Å². The molecule has 0 radical (unpaired) electrons. The largest absolute Gasteiger partial charge is 0.465 e. The lowest BCUT2D eigenvalue weighted by atomic mass is 9.87. The molecule has 0 unspecified atom stereocenters. The average Bonchev–Trinajstić information content (AvgIpc) is 3.31. The second-order valence-corrected chi connectivity index (χ2v) is 10.7. The highest BCUT2D eigenvalue weighted by molar-refractivity contribution is 7.99. The van der Waals surface area contributed by atoms with Gasteiger partial charge in [-0.3, -0.25) is 9.36 Å². The first kappa shape index (κ1) is 26.4. The zero-order valence-electron chi connectivity index (χ0n) is 21.0. The van der Waals surface area contributed by atoms with Crippen LogP contribution in [0.3, 0.4) is 0 Å². The van der Waals surface area contributed by atoms with Crippen molar-refractivity contribution in [2.75, 3.05) is 18.2 Å². The molecule has 0 saturated heterocycles. The van der Waals surface area contributed by atoms with Crippen molar-refractivity contribution in [2.45, 2.75) is 31.3 Å². The predicted molar refractivity (Wildman–Crippen MR) is 148 cm³/mol. The minimum atomic E-state index is -0.432. The van der Waals surface area contributed by atoms with Gasteiger partial charge in [0.1, 0.15) is 0 Å². The van der Waals surface area contributed by atoms with E-state index in [1.54, 1.807) is 24.3 Å². The maximum atomic E-state index is 12.7. The summed E-state index contributed by atoms with van der Waals surface area (Å²) < 4.78 is 6.62. The first-order chi connectivity index (χ1) is 17.7. The van der Waals surface area contributed by atoms with Gasteiger partial charge in [0.05, 0.1) is 18.4 Å². The van der Waals surface area contributed by atoms with Gasteiger partial charge in [-0.25, -0.2) is 4.79 Å². The molecule has 9 heteroatoms. The highest BCUT2D eigenvalue weighted by atomic mass is 35.5. The number of nitrogens with zero attached hydrogens (tertiary/aromatic N) is 3. The van der Waals surface area contributed by atoms with Gasteiger partial charge in [-0.15, -0.1) is 10.2 Å². The van der Waals surface area contributed by atoms with Gasteiger partial charge < -0.3 is 10.1 Å². The number of amides is 1. The van der Waals surface area contributed by atoms with Crippen LogP contribution in [-0.4, -0.2) is 39.5 Å². The number of rotatable bonds is 7. The molecule has 0 aliphatic heterocycles. The molecule has 1 N–H and O–H groups in total. The molecule has 7 nitrogen and oxygen atoms in total. The number of hydrogen-bond acceptors (Lipinski definition) is 6. The second-order valence-electron chi connectivity index (χ2n) is 9.35. The molecule has 0 fully saturated rings. The maximum Gasteiger partial charge on any atom is 0.337 e. The quantitative estimate of drug-likeness (QED) is 0.218. The lowest BCUT2D eigenvalue weighted by Gasteiger charge is -2.19. The zero-order chi connectivity index (χ0) is 26.6. The van der Waals surface area contributed by atoms with Crippen LogP contribution in [-0.2, 0) is 14.9 Å².